The van der Waals surface area contributed by atoms with Crippen LogP contribution in [0.25, 0.3) is 11.4 Å². The van der Waals surface area contributed by atoms with E-state index < -0.39 is 0 Å². The van der Waals surface area contributed by atoms with Crippen LogP contribution in [0.2, 0.25) is 5.02 Å². The van der Waals surface area contributed by atoms with E-state index >= 15 is 0 Å². The summed E-state index contributed by atoms with van der Waals surface area (Å²) < 4.78 is 7.24. The Morgan fingerprint density at radius 1 is 1.39 bits per heavy atom. The molecule has 1 atom stereocenters. The number of halogens is 2. The van der Waals surface area contributed by atoms with E-state index in [0.29, 0.717) is 29.2 Å². The van der Waals surface area contributed by atoms with E-state index in [0.717, 1.165) is 44.0 Å². The molecule has 166 valence electrons. The Hall–Kier alpha value is -2.14. The smallest absolute Gasteiger partial charge is 0.248 e. The molecule has 1 aliphatic heterocycles. The molecule has 8 nitrogen and oxygen atoms in total. The fourth-order valence-corrected chi connectivity index (χ4v) is 3.92. The summed E-state index contributed by atoms with van der Waals surface area (Å²) in [6, 6.07) is 7.40. The summed E-state index contributed by atoms with van der Waals surface area (Å²) in [5, 5.41) is 12.3. The number of nitrogens with one attached hydrogen (secondary N) is 1. The first-order chi connectivity index (χ1) is 14.6. The van der Waals surface area contributed by atoms with Crippen LogP contribution < -0.4 is 5.32 Å². The molecule has 1 unspecified atom stereocenters. The first kappa shape index (κ1) is 23.5. The zero-order valence-corrected chi connectivity index (χ0v) is 20.7. The number of guanidine groups is 1. The van der Waals surface area contributed by atoms with E-state index in [4.69, 9.17) is 21.1 Å². The van der Waals surface area contributed by atoms with Crippen molar-refractivity contribution in [2.45, 2.75) is 26.3 Å². The first-order valence-electron chi connectivity index (χ1n) is 10.2. The van der Waals surface area contributed by atoms with Crippen molar-refractivity contribution in [1.29, 1.82) is 0 Å². The second-order valence-corrected chi connectivity index (χ2v) is 7.96. The van der Waals surface area contributed by atoms with Gasteiger partial charge in [-0.25, -0.2) is 4.99 Å². The van der Waals surface area contributed by atoms with Crippen LogP contribution in [0.4, 0.5) is 0 Å². The number of hydrogen-bond acceptors (Lipinski definition) is 5. The van der Waals surface area contributed by atoms with E-state index in [1.54, 1.807) is 0 Å². The van der Waals surface area contributed by atoms with Crippen LogP contribution in [-0.2, 0) is 20.0 Å². The van der Waals surface area contributed by atoms with Crippen LogP contribution in [0, 0.1) is 5.92 Å². The largest absolute Gasteiger partial charge is 0.357 e. The predicted molar refractivity (Wildman–Crippen MR) is 132 cm³/mol. The number of hydrogen-bond donors (Lipinski definition) is 1. The average Bonchev–Trinajstić information content (AvgIpc) is 3.47. The Labute approximate surface area is 204 Å². The molecular formula is C21H27ClIN7O. The molecule has 1 aromatic carbocycles. The zero-order chi connectivity index (χ0) is 20.9. The second kappa shape index (κ2) is 10.9. The maximum absolute atomic E-state index is 6.05. The highest BCUT2D eigenvalue weighted by atomic mass is 127. The molecule has 2 aromatic heterocycles. The molecule has 0 radical (unpaired) electrons. The highest BCUT2D eigenvalue weighted by molar-refractivity contribution is 14.0. The van der Waals surface area contributed by atoms with Gasteiger partial charge in [-0.05, 0) is 43.4 Å². The van der Waals surface area contributed by atoms with Crippen LogP contribution in [-0.4, -0.2) is 50.4 Å². The molecule has 0 saturated carbocycles. The lowest BCUT2D eigenvalue weighted by molar-refractivity contribution is 0.379. The number of aromatic nitrogens is 4. The van der Waals surface area contributed by atoms with Crippen molar-refractivity contribution < 1.29 is 4.52 Å². The Kier molecular flexibility index (Phi) is 8.30. The lowest BCUT2D eigenvalue weighted by Gasteiger charge is -2.21. The molecule has 1 saturated heterocycles. The summed E-state index contributed by atoms with van der Waals surface area (Å²) in [7, 11) is 1.95. The Balaban J connectivity index is 0.00000272. The van der Waals surface area contributed by atoms with Crippen LogP contribution in [0.1, 0.15) is 24.8 Å². The molecule has 1 aliphatic rings. The number of benzene rings is 1. The number of aryl methyl sites for hydroxylation is 1. The maximum atomic E-state index is 6.05. The SMILES string of the molecule is CCNC(=NCc1nc(-c2cccc(Cl)c2)no1)N1CCC(Cc2cnn(C)c2)C1.I. The highest BCUT2D eigenvalue weighted by Crippen LogP contribution is 2.22. The fraction of sp³-hybridized carbons (Fsp3) is 0.429. The van der Waals surface area contributed by atoms with Crippen molar-refractivity contribution in [3.63, 3.8) is 0 Å². The third-order valence-electron chi connectivity index (χ3n) is 5.12. The van der Waals surface area contributed by atoms with Crippen molar-refractivity contribution in [3.8, 4) is 11.4 Å². The fourth-order valence-electron chi connectivity index (χ4n) is 3.73. The molecule has 0 aliphatic carbocycles. The summed E-state index contributed by atoms with van der Waals surface area (Å²) in [5.74, 6) is 2.47. The number of aliphatic imine (C=N–C) groups is 1. The number of rotatable bonds is 6. The van der Waals surface area contributed by atoms with Gasteiger partial charge >= 0.3 is 0 Å². The van der Waals surface area contributed by atoms with Gasteiger partial charge in [0.15, 0.2) is 5.96 Å². The molecule has 4 rings (SSSR count). The van der Waals surface area contributed by atoms with Gasteiger partial charge in [-0.3, -0.25) is 4.68 Å². The van der Waals surface area contributed by atoms with Gasteiger partial charge in [-0.2, -0.15) is 10.1 Å². The molecule has 3 heterocycles. The van der Waals surface area contributed by atoms with Gasteiger partial charge in [-0.15, -0.1) is 24.0 Å². The molecule has 1 N–H and O–H groups in total. The first-order valence-corrected chi connectivity index (χ1v) is 10.6. The van der Waals surface area contributed by atoms with E-state index in [9.17, 15) is 0 Å². The number of likely N-dealkylation sites (tertiary alicyclic amines) is 1. The van der Waals surface area contributed by atoms with Crippen molar-refractivity contribution in [2.24, 2.45) is 18.0 Å². The molecule has 3 aromatic rings. The Bertz CT molecular complexity index is 1020. The van der Waals surface area contributed by atoms with Gasteiger partial charge in [0, 0.05) is 43.5 Å². The summed E-state index contributed by atoms with van der Waals surface area (Å²) >= 11 is 6.05. The van der Waals surface area contributed by atoms with Gasteiger partial charge in [-0.1, -0.05) is 28.9 Å². The maximum Gasteiger partial charge on any atom is 0.248 e. The summed E-state index contributed by atoms with van der Waals surface area (Å²) in [6.07, 6.45) is 6.22. The van der Waals surface area contributed by atoms with E-state index in [1.165, 1.54) is 5.56 Å². The Morgan fingerprint density at radius 3 is 3.00 bits per heavy atom. The predicted octanol–water partition coefficient (Wildman–Crippen LogP) is 3.77. The average molecular weight is 556 g/mol. The van der Waals surface area contributed by atoms with Gasteiger partial charge in [0.1, 0.15) is 6.54 Å². The van der Waals surface area contributed by atoms with Crippen LogP contribution in [0.3, 0.4) is 0 Å². The highest BCUT2D eigenvalue weighted by Gasteiger charge is 2.25. The van der Waals surface area contributed by atoms with Gasteiger partial charge in [0.05, 0.1) is 6.20 Å². The summed E-state index contributed by atoms with van der Waals surface area (Å²) in [6.45, 7) is 5.16. The van der Waals surface area contributed by atoms with Crippen molar-refractivity contribution in [1.82, 2.24) is 30.1 Å². The molecule has 0 amide bonds. The molecule has 10 heteroatoms. The van der Waals surface area contributed by atoms with Gasteiger partial charge in [0.2, 0.25) is 11.7 Å². The van der Waals surface area contributed by atoms with Crippen molar-refractivity contribution in [2.75, 3.05) is 19.6 Å². The second-order valence-electron chi connectivity index (χ2n) is 7.52. The molecule has 0 spiro atoms. The molecule has 0 bridgehead atoms. The third kappa shape index (κ3) is 6.19. The van der Waals surface area contributed by atoms with Gasteiger partial charge < -0.3 is 14.7 Å². The van der Waals surface area contributed by atoms with Crippen LogP contribution in [0.15, 0.2) is 46.2 Å². The van der Waals surface area contributed by atoms with Crippen molar-refractivity contribution in [3.05, 3.63) is 53.1 Å². The van der Waals surface area contributed by atoms with E-state index in [1.807, 2.05) is 42.2 Å². The standard InChI is InChI=1S/C21H26ClN7O.HI/c1-3-23-21(29-8-7-15(14-29)9-16-11-25-28(2)13-16)24-12-19-26-20(27-30-19)17-5-4-6-18(22)10-17;/h4-6,10-11,13,15H,3,7-9,12,14H2,1-2H3,(H,23,24);1H. The number of nitrogens with zero attached hydrogens (tertiary/aromatic N) is 6. The summed E-state index contributed by atoms with van der Waals surface area (Å²) in [5.41, 5.74) is 2.11. The van der Waals surface area contributed by atoms with Crippen LogP contribution in [0.5, 0.6) is 0 Å². The lowest BCUT2D eigenvalue weighted by atomic mass is 10.0. The molecule has 31 heavy (non-hydrogen) atoms. The van der Waals surface area contributed by atoms with Crippen LogP contribution >= 0.6 is 35.6 Å². The van der Waals surface area contributed by atoms with Crippen molar-refractivity contribution >= 4 is 41.5 Å². The molecular weight excluding hydrogens is 529 g/mol. The minimum atomic E-state index is 0. The Morgan fingerprint density at radius 2 is 2.26 bits per heavy atom. The summed E-state index contributed by atoms with van der Waals surface area (Å²) in [4.78, 5) is 11.5. The third-order valence-corrected chi connectivity index (χ3v) is 5.35. The van der Waals surface area contributed by atoms with E-state index in [2.05, 4.69) is 38.6 Å². The van der Waals surface area contributed by atoms with E-state index in [-0.39, 0.29) is 24.0 Å². The minimum Gasteiger partial charge on any atom is -0.357 e. The lowest BCUT2D eigenvalue weighted by Crippen LogP contribution is -2.40. The monoisotopic (exact) mass is 555 g/mol. The zero-order valence-electron chi connectivity index (χ0n) is 17.7. The van der Waals surface area contributed by atoms with Gasteiger partial charge in [0.25, 0.3) is 0 Å². The normalized spacial score (nSPS) is 16.4. The minimum absolute atomic E-state index is 0. The molecule has 1 fully saturated rings. The quantitative estimate of drug-likeness (QED) is 0.283. The topological polar surface area (TPSA) is 84.4 Å².